The van der Waals surface area contributed by atoms with Gasteiger partial charge in [-0.2, -0.15) is 0 Å². The average molecular weight is 393 g/mol. The first-order valence-electron chi connectivity index (χ1n) is 10.8. The fourth-order valence-corrected chi connectivity index (χ4v) is 5.81. The van der Waals surface area contributed by atoms with E-state index in [9.17, 15) is 14.7 Å². The summed E-state index contributed by atoms with van der Waals surface area (Å²) in [6.45, 7) is 0. The van der Waals surface area contributed by atoms with Gasteiger partial charge in [0.05, 0.1) is 11.0 Å². The monoisotopic (exact) mass is 393 g/mol. The molecule has 5 rings (SSSR count). The van der Waals surface area contributed by atoms with Crippen LogP contribution in [0.5, 0.6) is 0 Å². The van der Waals surface area contributed by atoms with E-state index in [4.69, 9.17) is 0 Å². The maximum atomic E-state index is 13.1. The van der Waals surface area contributed by atoms with Gasteiger partial charge in [-0.1, -0.05) is 30.7 Å². The van der Waals surface area contributed by atoms with Gasteiger partial charge in [0.25, 0.3) is 5.56 Å². The van der Waals surface area contributed by atoms with Crippen LogP contribution in [0.25, 0.3) is 11.0 Å². The highest BCUT2D eigenvalue weighted by molar-refractivity contribution is 5.88. The fourth-order valence-electron chi connectivity index (χ4n) is 5.81. The molecule has 1 aliphatic carbocycles. The lowest BCUT2D eigenvalue weighted by atomic mass is 9.93. The van der Waals surface area contributed by atoms with Crippen molar-refractivity contribution in [3.05, 3.63) is 52.5 Å². The van der Waals surface area contributed by atoms with Gasteiger partial charge in [-0.05, 0) is 57.1 Å². The summed E-state index contributed by atoms with van der Waals surface area (Å²) in [5.74, 6) is -1.25. The van der Waals surface area contributed by atoms with E-state index in [1.54, 1.807) is 10.6 Å². The number of piperidine rings is 1. The molecular formula is C23H27N3O3. The largest absolute Gasteiger partial charge is 0.476 e. The Morgan fingerprint density at radius 1 is 1.03 bits per heavy atom. The summed E-state index contributed by atoms with van der Waals surface area (Å²) < 4.78 is 1.73. The molecule has 152 valence electrons. The van der Waals surface area contributed by atoms with E-state index in [-0.39, 0.29) is 11.7 Å². The van der Waals surface area contributed by atoms with Crippen molar-refractivity contribution in [3.63, 3.8) is 0 Å². The number of rotatable bonds is 3. The molecule has 2 aliphatic heterocycles. The molecule has 3 heterocycles. The zero-order valence-corrected chi connectivity index (χ0v) is 16.5. The molecule has 1 aromatic heterocycles. The van der Waals surface area contributed by atoms with Crippen LogP contribution in [-0.4, -0.2) is 43.7 Å². The lowest BCUT2D eigenvalue weighted by molar-refractivity contribution is 0.0681. The van der Waals surface area contributed by atoms with E-state index in [1.807, 2.05) is 18.2 Å². The Morgan fingerprint density at radius 2 is 1.79 bits per heavy atom. The van der Waals surface area contributed by atoms with Crippen LogP contribution in [0.4, 0.5) is 0 Å². The minimum absolute atomic E-state index is 0.0250. The lowest BCUT2D eigenvalue weighted by Gasteiger charge is -2.43. The van der Waals surface area contributed by atoms with E-state index in [1.165, 1.54) is 25.7 Å². The van der Waals surface area contributed by atoms with Gasteiger partial charge in [-0.15, -0.1) is 0 Å². The van der Waals surface area contributed by atoms with Crippen molar-refractivity contribution in [3.8, 4) is 0 Å². The molecule has 1 aromatic carbocycles. The maximum Gasteiger partial charge on any atom is 0.360 e. The molecule has 0 radical (unpaired) electrons. The van der Waals surface area contributed by atoms with Crippen molar-refractivity contribution >= 4 is 17.0 Å². The van der Waals surface area contributed by atoms with Crippen LogP contribution in [0.1, 0.15) is 67.9 Å². The standard InChI is InChI=1S/C23H27N3O3/c27-22-21(23(28)29)24-19-9-5-6-10-20(19)26(22)18-13-16-11-12-17(14-18)25(16)15-7-3-1-2-4-8-15/h3,5-7,9-10,15-18H,1-2,4,8,11-14H2,(H,28,29)/t15?,16-,17?,18+/m0/s1. The number of carbonyl (C=O) groups is 1. The second kappa shape index (κ2) is 7.41. The third-order valence-electron chi connectivity index (χ3n) is 6.99. The highest BCUT2D eigenvalue weighted by Gasteiger charge is 2.44. The molecule has 1 N–H and O–H groups in total. The summed E-state index contributed by atoms with van der Waals surface area (Å²) >= 11 is 0. The SMILES string of the molecule is O=C(O)c1nc2ccccc2n([C@H]2CC3CC[C@@H](C2)N3C2C=CCCCC2)c1=O. The van der Waals surface area contributed by atoms with Crippen LogP contribution in [0.2, 0.25) is 0 Å². The Bertz CT molecular complexity index is 1010. The zero-order chi connectivity index (χ0) is 20.0. The van der Waals surface area contributed by atoms with Crippen molar-refractivity contribution in [2.45, 2.75) is 75.5 Å². The van der Waals surface area contributed by atoms with E-state index in [0.717, 1.165) is 31.2 Å². The van der Waals surface area contributed by atoms with Crippen molar-refractivity contribution in [2.75, 3.05) is 0 Å². The van der Waals surface area contributed by atoms with Gasteiger partial charge in [0.2, 0.25) is 5.69 Å². The molecule has 4 atom stereocenters. The third kappa shape index (κ3) is 3.19. The predicted octanol–water partition coefficient (Wildman–Crippen LogP) is 3.76. The quantitative estimate of drug-likeness (QED) is 0.804. The Kier molecular flexibility index (Phi) is 4.74. The number of hydrogen-bond donors (Lipinski definition) is 1. The highest BCUT2D eigenvalue weighted by Crippen LogP contribution is 2.43. The number of carboxylic acids is 1. The average Bonchev–Trinajstić information content (AvgIpc) is 2.91. The molecule has 2 aromatic rings. The summed E-state index contributed by atoms with van der Waals surface area (Å²) in [6, 6.07) is 8.85. The number of hydrogen-bond acceptors (Lipinski definition) is 4. The van der Waals surface area contributed by atoms with Crippen molar-refractivity contribution in [1.29, 1.82) is 0 Å². The van der Waals surface area contributed by atoms with Gasteiger partial charge in [-0.3, -0.25) is 9.69 Å². The maximum absolute atomic E-state index is 13.1. The molecule has 6 nitrogen and oxygen atoms in total. The van der Waals surface area contributed by atoms with Gasteiger partial charge in [-0.25, -0.2) is 9.78 Å². The van der Waals surface area contributed by atoms with Gasteiger partial charge in [0, 0.05) is 24.2 Å². The van der Waals surface area contributed by atoms with Gasteiger partial charge >= 0.3 is 5.97 Å². The van der Waals surface area contributed by atoms with E-state index >= 15 is 0 Å². The van der Waals surface area contributed by atoms with Gasteiger partial charge in [0.1, 0.15) is 0 Å². The first-order chi connectivity index (χ1) is 14.1. The molecular weight excluding hydrogens is 366 g/mol. The summed E-state index contributed by atoms with van der Waals surface area (Å²) in [6.07, 6.45) is 13.8. The normalized spacial score (nSPS) is 29.8. The summed E-state index contributed by atoms with van der Waals surface area (Å²) in [5, 5.41) is 9.51. The number of benzene rings is 1. The zero-order valence-electron chi connectivity index (χ0n) is 16.5. The number of carboxylic acid groups (broad SMARTS) is 1. The van der Waals surface area contributed by atoms with Crippen LogP contribution in [0, 0.1) is 0 Å². The van der Waals surface area contributed by atoms with E-state index < -0.39 is 11.5 Å². The molecule has 29 heavy (non-hydrogen) atoms. The Hall–Kier alpha value is -2.47. The predicted molar refractivity (Wildman–Crippen MR) is 111 cm³/mol. The minimum Gasteiger partial charge on any atom is -0.476 e. The number of allylic oxidation sites excluding steroid dienone is 1. The number of nitrogens with zero attached hydrogens (tertiary/aromatic N) is 3. The Balaban J connectivity index is 1.52. The second-order valence-corrected chi connectivity index (χ2v) is 8.67. The number of fused-ring (bicyclic) bond motifs is 3. The smallest absolute Gasteiger partial charge is 0.360 e. The molecule has 2 saturated heterocycles. The first kappa shape index (κ1) is 18.6. The highest BCUT2D eigenvalue weighted by atomic mass is 16.4. The van der Waals surface area contributed by atoms with Crippen molar-refractivity contribution in [1.82, 2.24) is 14.5 Å². The van der Waals surface area contributed by atoms with Crippen LogP contribution in [0.3, 0.4) is 0 Å². The van der Waals surface area contributed by atoms with Gasteiger partial charge < -0.3 is 9.67 Å². The minimum atomic E-state index is -1.25. The molecule has 2 unspecified atom stereocenters. The van der Waals surface area contributed by atoms with E-state index in [0.29, 0.717) is 23.6 Å². The molecule has 0 spiro atoms. The molecule has 0 amide bonds. The molecule has 6 heteroatoms. The van der Waals surface area contributed by atoms with Crippen molar-refractivity contribution in [2.24, 2.45) is 0 Å². The summed E-state index contributed by atoms with van der Waals surface area (Å²) in [7, 11) is 0. The molecule has 0 saturated carbocycles. The van der Waals surface area contributed by atoms with Crippen LogP contribution in [0.15, 0.2) is 41.2 Å². The first-order valence-corrected chi connectivity index (χ1v) is 10.8. The second-order valence-electron chi connectivity index (χ2n) is 8.67. The van der Waals surface area contributed by atoms with Crippen molar-refractivity contribution < 1.29 is 9.90 Å². The number of para-hydroxylation sites is 2. The van der Waals surface area contributed by atoms with Gasteiger partial charge in [0.15, 0.2) is 0 Å². The molecule has 2 fully saturated rings. The summed E-state index contributed by atoms with van der Waals surface area (Å²) in [5.41, 5.74) is 0.481. The Labute approximate surface area is 169 Å². The van der Waals surface area contributed by atoms with Crippen LogP contribution < -0.4 is 5.56 Å². The molecule has 2 bridgehead atoms. The van der Waals surface area contributed by atoms with Crippen LogP contribution in [-0.2, 0) is 0 Å². The number of aromatic nitrogens is 2. The Morgan fingerprint density at radius 3 is 2.55 bits per heavy atom. The fraction of sp³-hybridized carbons (Fsp3) is 0.522. The van der Waals surface area contributed by atoms with Crippen LogP contribution >= 0.6 is 0 Å². The lowest BCUT2D eigenvalue weighted by Crippen LogP contribution is -2.49. The topological polar surface area (TPSA) is 75.4 Å². The number of aromatic carboxylic acids is 1. The summed E-state index contributed by atoms with van der Waals surface area (Å²) in [4.78, 5) is 31.6. The van der Waals surface area contributed by atoms with E-state index in [2.05, 4.69) is 22.0 Å². The third-order valence-corrected chi connectivity index (χ3v) is 6.99. The molecule has 3 aliphatic rings.